The largest absolute Gasteiger partial charge is 0.486 e. The molecule has 1 fully saturated rings. The van der Waals surface area contributed by atoms with E-state index in [4.69, 9.17) is 15.2 Å². The van der Waals surface area contributed by atoms with Crippen molar-refractivity contribution in [3.63, 3.8) is 0 Å². The van der Waals surface area contributed by atoms with Gasteiger partial charge in [-0.25, -0.2) is 8.42 Å². The molecule has 1 aromatic rings. The Kier molecular flexibility index (Phi) is 3.60. The number of fused-ring (bicyclic) bond motifs is 1. The van der Waals surface area contributed by atoms with Crippen molar-refractivity contribution >= 4 is 9.84 Å². The van der Waals surface area contributed by atoms with Gasteiger partial charge in [-0.3, -0.25) is 0 Å². The summed E-state index contributed by atoms with van der Waals surface area (Å²) in [4.78, 5) is 0.312. The Bertz CT molecular complexity index is 599. The second-order valence-corrected chi connectivity index (χ2v) is 7.48. The highest BCUT2D eigenvalue weighted by atomic mass is 32.2. The fraction of sp³-hybridized carbons (Fsp3) is 0.571. The summed E-state index contributed by atoms with van der Waals surface area (Å²) in [7, 11) is -3.35. The summed E-state index contributed by atoms with van der Waals surface area (Å²) in [6, 6.07) is 4.86. The quantitative estimate of drug-likeness (QED) is 0.911. The second-order valence-electron chi connectivity index (χ2n) is 5.32. The Hall–Kier alpha value is -1.27. The third-order valence-corrected chi connectivity index (χ3v) is 6.46. The summed E-state index contributed by atoms with van der Waals surface area (Å²) < 4.78 is 36.4. The Morgan fingerprint density at radius 2 is 1.90 bits per heavy atom. The first-order valence-electron chi connectivity index (χ1n) is 6.96. The topological polar surface area (TPSA) is 78.6 Å². The summed E-state index contributed by atoms with van der Waals surface area (Å²) in [5, 5.41) is -0.366. The van der Waals surface area contributed by atoms with Crippen molar-refractivity contribution in [3.05, 3.63) is 18.2 Å². The molecule has 2 aliphatic rings. The van der Waals surface area contributed by atoms with Crippen molar-refractivity contribution in [3.8, 4) is 11.5 Å². The molecule has 1 aliphatic heterocycles. The van der Waals surface area contributed by atoms with Crippen molar-refractivity contribution in [2.75, 3.05) is 19.8 Å². The lowest BCUT2D eigenvalue weighted by Crippen LogP contribution is -2.30. The highest BCUT2D eigenvalue weighted by Crippen LogP contribution is 2.37. The molecule has 1 aliphatic carbocycles. The van der Waals surface area contributed by atoms with Crippen LogP contribution in [0.2, 0.25) is 0 Å². The highest BCUT2D eigenvalue weighted by Gasteiger charge is 2.37. The van der Waals surface area contributed by atoms with Crippen LogP contribution in [0.3, 0.4) is 0 Å². The van der Waals surface area contributed by atoms with Crippen LogP contribution in [0.4, 0.5) is 0 Å². The SMILES string of the molecule is NCC1CCCC1S(=O)(=O)c1ccc2c(c1)OCCO2. The van der Waals surface area contributed by atoms with Crippen molar-refractivity contribution < 1.29 is 17.9 Å². The Labute approximate surface area is 119 Å². The van der Waals surface area contributed by atoms with E-state index in [1.165, 1.54) is 0 Å². The van der Waals surface area contributed by atoms with Gasteiger partial charge in [0.05, 0.1) is 10.1 Å². The summed E-state index contributed by atoms with van der Waals surface area (Å²) >= 11 is 0. The van der Waals surface area contributed by atoms with Crippen LogP contribution in [0.5, 0.6) is 11.5 Å². The molecule has 0 spiro atoms. The summed E-state index contributed by atoms with van der Waals surface area (Å²) in [5.41, 5.74) is 5.70. The van der Waals surface area contributed by atoms with Gasteiger partial charge in [-0.1, -0.05) is 6.42 Å². The first-order chi connectivity index (χ1) is 9.63. The third-order valence-electron chi connectivity index (χ3n) is 4.13. The number of ether oxygens (including phenoxy) is 2. The molecule has 0 bridgehead atoms. The number of nitrogens with two attached hydrogens (primary N) is 1. The predicted molar refractivity (Wildman–Crippen MR) is 74.8 cm³/mol. The number of rotatable bonds is 3. The van der Waals surface area contributed by atoms with Crippen molar-refractivity contribution in [2.45, 2.75) is 29.4 Å². The van der Waals surface area contributed by atoms with Gasteiger partial charge in [0.2, 0.25) is 0 Å². The highest BCUT2D eigenvalue weighted by molar-refractivity contribution is 7.92. The summed E-state index contributed by atoms with van der Waals surface area (Å²) in [5.74, 6) is 1.19. The lowest BCUT2D eigenvalue weighted by Gasteiger charge is -2.21. The maximum atomic E-state index is 12.7. The van der Waals surface area contributed by atoms with Crippen LogP contribution >= 0.6 is 0 Å². The second kappa shape index (κ2) is 5.26. The fourth-order valence-corrected chi connectivity index (χ4v) is 5.17. The Balaban J connectivity index is 1.95. The van der Waals surface area contributed by atoms with Crippen molar-refractivity contribution in [1.29, 1.82) is 0 Å². The van der Waals surface area contributed by atoms with E-state index in [1.807, 2.05) is 0 Å². The maximum absolute atomic E-state index is 12.7. The van der Waals surface area contributed by atoms with Gasteiger partial charge in [-0.15, -0.1) is 0 Å². The molecule has 0 radical (unpaired) electrons. The molecule has 1 aromatic carbocycles. The van der Waals surface area contributed by atoms with E-state index in [9.17, 15) is 8.42 Å². The predicted octanol–water partition coefficient (Wildman–Crippen LogP) is 1.36. The zero-order valence-corrected chi connectivity index (χ0v) is 12.1. The first kappa shape index (κ1) is 13.7. The van der Waals surface area contributed by atoms with E-state index >= 15 is 0 Å². The molecule has 2 atom stereocenters. The Morgan fingerprint density at radius 3 is 2.65 bits per heavy atom. The molecule has 1 saturated carbocycles. The minimum Gasteiger partial charge on any atom is -0.486 e. The van der Waals surface area contributed by atoms with Crippen LogP contribution in [0.25, 0.3) is 0 Å². The molecule has 3 rings (SSSR count). The Morgan fingerprint density at radius 1 is 1.15 bits per heavy atom. The van der Waals surface area contributed by atoms with Crippen LogP contribution in [0, 0.1) is 5.92 Å². The molecule has 5 nitrogen and oxygen atoms in total. The zero-order chi connectivity index (χ0) is 14.2. The average Bonchev–Trinajstić information content (AvgIpc) is 2.96. The molecular weight excluding hydrogens is 278 g/mol. The molecular formula is C14H19NO4S. The van der Waals surface area contributed by atoms with Gasteiger partial charge in [0, 0.05) is 6.07 Å². The van der Waals surface area contributed by atoms with E-state index < -0.39 is 9.84 Å². The van der Waals surface area contributed by atoms with Crippen LogP contribution in [-0.2, 0) is 9.84 Å². The molecule has 0 amide bonds. The fourth-order valence-electron chi connectivity index (χ4n) is 3.06. The number of hydrogen-bond acceptors (Lipinski definition) is 5. The molecule has 2 N–H and O–H groups in total. The number of benzene rings is 1. The van der Waals surface area contributed by atoms with E-state index in [0.717, 1.165) is 12.8 Å². The number of sulfone groups is 1. The van der Waals surface area contributed by atoms with E-state index in [2.05, 4.69) is 0 Å². The lowest BCUT2D eigenvalue weighted by atomic mass is 10.1. The monoisotopic (exact) mass is 297 g/mol. The van der Waals surface area contributed by atoms with Gasteiger partial charge < -0.3 is 15.2 Å². The van der Waals surface area contributed by atoms with Gasteiger partial charge in [0.25, 0.3) is 0 Å². The van der Waals surface area contributed by atoms with Crippen LogP contribution in [0.1, 0.15) is 19.3 Å². The normalized spacial score (nSPS) is 25.6. The van der Waals surface area contributed by atoms with Gasteiger partial charge in [-0.2, -0.15) is 0 Å². The van der Waals surface area contributed by atoms with E-state index in [-0.39, 0.29) is 11.2 Å². The van der Waals surface area contributed by atoms with E-state index in [1.54, 1.807) is 18.2 Å². The standard InChI is InChI=1S/C14H19NO4S/c15-9-10-2-1-3-14(10)20(16,17)11-4-5-12-13(8-11)19-7-6-18-12/h4-5,8,10,14H,1-3,6-7,9,15H2. The van der Waals surface area contributed by atoms with Gasteiger partial charge in [0.1, 0.15) is 13.2 Å². The molecule has 2 unspecified atom stereocenters. The average molecular weight is 297 g/mol. The van der Waals surface area contributed by atoms with Crippen LogP contribution in [0.15, 0.2) is 23.1 Å². The van der Waals surface area contributed by atoms with Crippen molar-refractivity contribution in [1.82, 2.24) is 0 Å². The van der Waals surface area contributed by atoms with Gasteiger partial charge >= 0.3 is 0 Å². The third kappa shape index (κ3) is 2.27. The zero-order valence-electron chi connectivity index (χ0n) is 11.2. The molecule has 0 saturated heterocycles. The molecule has 1 heterocycles. The molecule has 110 valence electrons. The first-order valence-corrected chi connectivity index (χ1v) is 8.51. The van der Waals surface area contributed by atoms with Crippen LogP contribution < -0.4 is 15.2 Å². The smallest absolute Gasteiger partial charge is 0.181 e. The molecule has 0 aromatic heterocycles. The summed E-state index contributed by atoms with van der Waals surface area (Å²) in [6.45, 7) is 1.37. The minimum absolute atomic E-state index is 0.0631. The lowest BCUT2D eigenvalue weighted by molar-refractivity contribution is 0.171. The molecule has 20 heavy (non-hydrogen) atoms. The molecule has 6 heteroatoms. The van der Waals surface area contributed by atoms with Gasteiger partial charge in [-0.05, 0) is 37.4 Å². The summed E-state index contributed by atoms with van der Waals surface area (Å²) in [6.07, 6.45) is 2.51. The van der Waals surface area contributed by atoms with Crippen molar-refractivity contribution in [2.24, 2.45) is 11.7 Å². The maximum Gasteiger partial charge on any atom is 0.181 e. The van der Waals surface area contributed by atoms with E-state index in [0.29, 0.717) is 42.6 Å². The minimum atomic E-state index is -3.35. The van der Waals surface area contributed by atoms with Gasteiger partial charge in [0.15, 0.2) is 21.3 Å². The van der Waals surface area contributed by atoms with Crippen LogP contribution in [-0.4, -0.2) is 33.4 Å². The number of hydrogen-bond donors (Lipinski definition) is 1.